The van der Waals surface area contributed by atoms with Crippen LogP contribution in [0.4, 0.5) is 5.69 Å². The molecule has 2 aromatic carbocycles. The van der Waals surface area contributed by atoms with E-state index in [9.17, 15) is 13.2 Å². The highest BCUT2D eigenvalue weighted by Gasteiger charge is 2.27. The predicted octanol–water partition coefficient (Wildman–Crippen LogP) is 3.84. The zero-order valence-corrected chi connectivity index (χ0v) is 19.7. The Morgan fingerprint density at radius 1 is 1.14 bits per heavy atom. The van der Waals surface area contributed by atoms with E-state index in [0.29, 0.717) is 30.3 Å². The van der Waals surface area contributed by atoms with Gasteiger partial charge in [-0.05, 0) is 96.0 Å². The van der Waals surface area contributed by atoms with E-state index >= 15 is 0 Å². The molecule has 0 unspecified atom stereocenters. The van der Waals surface area contributed by atoms with Crippen LogP contribution in [0.5, 0.6) is 0 Å². The number of carbonyl (C=O) groups is 1. The fourth-order valence-corrected chi connectivity index (χ4v) is 5.28. The summed E-state index contributed by atoms with van der Waals surface area (Å²) >= 11 is 7.33. The third-order valence-corrected chi connectivity index (χ3v) is 7.59. The van der Waals surface area contributed by atoms with E-state index < -0.39 is 10.0 Å². The lowest BCUT2D eigenvalue weighted by Crippen LogP contribution is -2.37. The molecule has 29 heavy (non-hydrogen) atoms. The van der Waals surface area contributed by atoms with Gasteiger partial charge in [-0.15, -0.1) is 0 Å². The zero-order chi connectivity index (χ0) is 21.0. The molecule has 0 radical (unpaired) electrons. The molecule has 0 aromatic heterocycles. The monoisotopic (exact) mass is 543 g/mol. The van der Waals surface area contributed by atoms with E-state index in [1.54, 1.807) is 46.8 Å². The van der Waals surface area contributed by atoms with Crippen LogP contribution >= 0.6 is 34.8 Å². The maximum absolute atomic E-state index is 12.8. The number of piperidine rings is 1. The molecular weight excluding hydrogens is 521 g/mol. The fourth-order valence-electron chi connectivity index (χ4n) is 3.05. The van der Waals surface area contributed by atoms with Gasteiger partial charge in [-0.1, -0.05) is 13.0 Å². The molecule has 0 atom stereocenters. The van der Waals surface area contributed by atoms with Gasteiger partial charge < -0.3 is 5.32 Å². The van der Waals surface area contributed by atoms with Gasteiger partial charge in [0.25, 0.3) is 5.91 Å². The van der Waals surface area contributed by atoms with E-state index in [4.69, 9.17) is 12.2 Å². The molecule has 1 aliphatic rings. The highest BCUT2D eigenvalue weighted by molar-refractivity contribution is 14.1. The topological polar surface area (TPSA) is 78.5 Å². The average molecular weight is 543 g/mol. The smallest absolute Gasteiger partial charge is 0.257 e. The van der Waals surface area contributed by atoms with Gasteiger partial charge in [0.05, 0.1) is 4.90 Å². The third kappa shape index (κ3) is 5.74. The molecule has 9 heteroatoms. The summed E-state index contributed by atoms with van der Waals surface area (Å²) in [6.07, 6.45) is 1.76. The molecule has 154 valence electrons. The summed E-state index contributed by atoms with van der Waals surface area (Å²) < 4.78 is 28.1. The molecule has 2 N–H and O–H groups in total. The Morgan fingerprint density at radius 3 is 2.41 bits per heavy atom. The summed E-state index contributed by atoms with van der Waals surface area (Å²) in [7, 11) is -3.49. The lowest BCUT2D eigenvalue weighted by Gasteiger charge is -2.29. The fraction of sp³-hybridized carbons (Fsp3) is 0.300. The summed E-state index contributed by atoms with van der Waals surface area (Å²) in [5.41, 5.74) is 1.11. The van der Waals surface area contributed by atoms with E-state index in [1.165, 1.54) is 0 Å². The van der Waals surface area contributed by atoms with Crippen LogP contribution in [0.1, 0.15) is 30.1 Å². The summed E-state index contributed by atoms with van der Waals surface area (Å²) in [5.74, 6) is 0.253. The minimum Gasteiger partial charge on any atom is -0.332 e. The molecule has 1 amide bonds. The van der Waals surface area contributed by atoms with Crippen molar-refractivity contribution in [1.82, 2.24) is 9.62 Å². The van der Waals surface area contributed by atoms with Crippen molar-refractivity contribution in [3.63, 3.8) is 0 Å². The summed E-state index contributed by atoms with van der Waals surface area (Å²) in [6, 6.07) is 13.6. The van der Waals surface area contributed by atoms with Crippen LogP contribution < -0.4 is 10.6 Å². The van der Waals surface area contributed by atoms with Crippen LogP contribution in [0, 0.1) is 9.49 Å². The molecule has 1 aliphatic heterocycles. The second-order valence-corrected chi connectivity index (χ2v) is 10.6. The normalized spacial score (nSPS) is 15.7. The molecule has 2 aromatic rings. The summed E-state index contributed by atoms with van der Waals surface area (Å²) in [4.78, 5) is 12.5. The molecule has 1 saturated heterocycles. The maximum Gasteiger partial charge on any atom is 0.257 e. The molecule has 0 saturated carbocycles. The van der Waals surface area contributed by atoms with Crippen LogP contribution in [0.3, 0.4) is 0 Å². The largest absolute Gasteiger partial charge is 0.332 e. The molecule has 0 spiro atoms. The number of thiocarbonyl (C=S) groups is 1. The minimum absolute atomic E-state index is 0.148. The van der Waals surface area contributed by atoms with Crippen molar-refractivity contribution in [2.24, 2.45) is 5.92 Å². The van der Waals surface area contributed by atoms with Gasteiger partial charge in [0.15, 0.2) is 5.11 Å². The zero-order valence-electron chi connectivity index (χ0n) is 15.9. The van der Waals surface area contributed by atoms with Gasteiger partial charge in [0, 0.05) is 27.9 Å². The number of sulfonamides is 1. The van der Waals surface area contributed by atoms with Gasteiger partial charge in [0.1, 0.15) is 0 Å². The Morgan fingerprint density at radius 2 is 1.79 bits per heavy atom. The van der Waals surface area contributed by atoms with Crippen molar-refractivity contribution in [1.29, 1.82) is 0 Å². The lowest BCUT2D eigenvalue weighted by atomic mass is 10.0. The first-order chi connectivity index (χ1) is 13.8. The molecule has 6 nitrogen and oxygen atoms in total. The summed E-state index contributed by atoms with van der Waals surface area (Å²) in [5, 5.41) is 5.68. The van der Waals surface area contributed by atoms with Crippen molar-refractivity contribution < 1.29 is 13.2 Å². The number of amides is 1. The first kappa shape index (κ1) is 22.1. The maximum atomic E-state index is 12.8. The Hall–Kier alpha value is -1.56. The number of anilines is 1. The van der Waals surface area contributed by atoms with Gasteiger partial charge in [-0.2, -0.15) is 4.31 Å². The number of hydrogen-bond acceptors (Lipinski definition) is 4. The Kier molecular flexibility index (Phi) is 7.25. The van der Waals surface area contributed by atoms with Crippen molar-refractivity contribution in [2.45, 2.75) is 24.7 Å². The second-order valence-electron chi connectivity index (χ2n) is 7.03. The van der Waals surface area contributed by atoms with Gasteiger partial charge >= 0.3 is 0 Å². The quantitative estimate of drug-likeness (QED) is 0.453. The number of nitrogens with one attached hydrogen (secondary N) is 2. The highest BCUT2D eigenvalue weighted by Crippen LogP contribution is 2.24. The van der Waals surface area contributed by atoms with Crippen molar-refractivity contribution >= 4 is 61.5 Å². The van der Waals surface area contributed by atoms with Crippen molar-refractivity contribution in [3.05, 3.63) is 57.7 Å². The van der Waals surface area contributed by atoms with Gasteiger partial charge in [-0.3, -0.25) is 10.1 Å². The van der Waals surface area contributed by atoms with Crippen molar-refractivity contribution in [3.8, 4) is 0 Å². The number of nitrogens with zero attached hydrogens (tertiary/aromatic N) is 1. The standard InChI is InChI=1S/C20H22IN3O3S2/c1-14-9-11-24(12-10-14)29(26,27)18-7-5-17(6-8-18)22-20(28)23-19(25)15-3-2-4-16(21)13-15/h2-8,13-14H,9-12H2,1H3,(H2,22,23,25,28). The Bertz CT molecular complexity index is 1000. The Balaban J connectivity index is 1.61. The molecular formula is C20H22IN3O3S2. The molecule has 3 rings (SSSR count). The van der Waals surface area contributed by atoms with Crippen LogP contribution in [-0.4, -0.2) is 36.8 Å². The molecule has 0 bridgehead atoms. The van der Waals surface area contributed by atoms with E-state index in [2.05, 4.69) is 40.1 Å². The number of rotatable bonds is 4. The van der Waals surface area contributed by atoms with Crippen LogP contribution in [0.25, 0.3) is 0 Å². The molecule has 1 fully saturated rings. The lowest BCUT2D eigenvalue weighted by molar-refractivity contribution is 0.0977. The number of hydrogen-bond donors (Lipinski definition) is 2. The first-order valence-corrected chi connectivity index (χ1v) is 12.2. The number of benzene rings is 2. The summed E-state index contributed by atoms with van der Waals surface area (Å²) in [6.45, 7) is 3.25. The number of halogens is 1. The average Bonchev–Trinajstić information content (AvgIpc) is 2.68. The minimum atomic E-state index is -3.49. The van der Waals surface area contributed by atoms with Crippen LogP contribution in [0.2, 0.25) is 0 Å². The van der Waals surface area contributed by atoms with Crippen molar-refractivity contribution in [2.75, 3.05) is 18.4 Å². The third-order valence-electron chi connectivity index (χ3n) is 4.81. The van der Waals surface area contributed by atoms with E-state index in [-0.39, 0.29) is 15.9 Å². The van der Waals surface area contributed by atoms with Crippen LogP contribution in [-0.2, 0) is 10.0 Å². The highest BCUT2D eigenvalue weighted by atomic mass is 127. The molecule has 0 aliphatic carbocycles. The number of carbonyl (C=O) groups excluding carboxylic acids is 1. The Labute approximate surface area is 190 Å². The SMILES string of the molecule is CC1CCN(S(=O)(=O)c2ccc(NC(=S)NC(=O)c3cccc(I)c3)cc2)CC1. The van der Waals surface area contributed by atoms with Crippen LogP contribution in [0.15, 0.2) is 53.4 Å². The first-order valence-electron chi connectivity index (χ1n) is 9.24. The second kappa shape index (κ2) is 9.50. The van der Waals surface area contributed by atoms with E-state index in [0.717, 1.165) is 16.4 Å². The predicted molar refractivity (Wildman–Crippen MR) is 126 cm³/mol. The van der Waals surface area contributed by atoms with E-state index in [1.807, 2.05) is 6.07 Å². The van der Waals surface area contributed by atoms with Gasteiger partial charge in [0.2, 0.25) is 10.0 Å². The van der Waals surface area contributed by atoms with Gasteiger partial charge in [-0.25, -0.2) is 8.42 Å². The molecule has 1 heterocycles.